The Hall–Kier alpha value is -1.08. The Morgan fingerprint density at radius 2 is 1.77 bits per heavy atom. The van der Waals surface area contributed by atoms with Crippen LogP contribution in [0.15, 0.2) is 30.3 Å². The molecule has 22 heavy (non-hydrogen) atoms. The molecule has 0 unspecified atom stereocenters. The SMILES string of the molecule is C/C(=C\[C@@H](O)[C@@H]1C[C@H](C)CC[C@H]1C(C)C)c1ccc(C)cc1. The molecule has 0 saturated heterocycles. The van der Waals surface area contributed by atoms with Crippen molar-refractivity contribution in [3.05, 3.63) is 41.5 Å². The van der Waals surface area contributed by atoms with Gasteiger partial charge in [0.2, 0.25) is 0 Å². The first kappa shape index (κ1) is 17.3. The largest absolute Gasteiger partial charge is 0.389 e. The van der Waals surface area contributed by atoms with Crippen molar-refractivity contribution >= 4 is 5.57 Å². The van der Waals surface area contributed by atoms with Crippen LogP contribution in [0.2, 0.25) is 0 Å². The molecule has 0 spiro atoms. The van der Waals surface area contributed by atoms with E-state index in [1.807, 2.05) is 0 Å². The average molecular weight is 300 g/mol. The molecule has 0 amide bonds. The van der Waals surface area contributed by atoms with Gasteiger partial charge in [0, 0.05) is 0 Å². The monoisotopic (exact) mass is 300 g/mol. The van der Waals surface area contributed by atoms with Gasteiger partial charge >= 0.3 is 0 Å². The van der Waals surface area contributed by atoms with Crippen molar-refractivity contribution in [2.45, 2.75) is 60.0 Å². The number of hydrogen-bond donors (Lipinski definition) is 1. The second kappa shape index (κ2) is 7.46. The van der Waals surface area contributed by atoms with E-state index in [-0.39, 0.29) is 6.10 Å². The van der Waals surface area contributed by atoms with E-state index < -0.39 is 0 Å². The van der Waals surface area contributed by atoms with Crippen molar-refractivity contribution in [2.75, 3.05) is 0 Å². The van der Waals surface area contributed by atoms with Crippen LogP contribution >= 0.6 is 0 Å². The van der Waals surface area contributed by atoms with Crippen molar-refractivity contribution in [3.63, 3.8) is 0 Å². The Labute approximate surface area is 136 Å². The third-order valence-electron chi connectivity index (χ3n) is 5.44. The number of aryl methyl sites for hydroxylation is 1. The highest BCUT2D eigenvalue weighted by atomic mass is 16.3. The highest BCUT2D eigenvalue weighted by molar-refractivity contribution is 5.64. The van der Waals surface area contributed by atoms with Crippen LogP contribution in [0.4, 0.5) is 0 Å². The summed E-state index contributed by atoms with van der Waals surface area (Å²) in [5.41, 5.74) is 3.68. The Bertz CT molecular complexity index is 497. The first-order chi connectivity index (χ1) is 10.4. The summed E-state index contributed by atoms with van der Waals surface area (Å²) in [5.74, 6) is 2.44. The van der Waals surface area contributed by atoms with Crippen LogP contribution in [0.25, 0.3) is 5.57 Å². The Morgan fingerprint density at radius 1 is 1.14 bits per heavy atom. The third kappa shape index (κ3) is 4.23. The van der Waals surface area contributed by atoms with E-state index in [9.17, 15) is 5.11 Å². The molecular formula is C21H32O. The van der Waals surface area contributed by atoms with Crippen molar-refractivity contribution in [3.8, 4) is 0 Å². The van der Waals surface area contributed by atoms with Gasteiger partial charge < -0.3 is 5.11 Å². The van der Waals surface area contributed by atoms with Crippen molar-refractivity contribution in [1.82, 2.24) is 0 Å². The number of rotatable bonds is 4. The zero-order chi connectivity index (χ0) is 16.3. The van der Waals surface area contributed by atoms with E-state index in [0.717, 1.165) is 12.3 Å². The smallest absolute Gasteiger partial charge is 0.0757 e. The summed E-state index contributed by atoms with van der Waals surface area (Å²) in [4.78, 5) is 0. The van der Waals surface area contributed by atoms with Crippen LogP contribution < -0.4 is 0 Å². The summed E-state index contributed by atoms with van der Waals surface area (Å²) in [7, 11) is 0. The molecule has 0 radical (unpaired) electrons. The van der Waals surface area contributed by atoms with Crippen molar-refractivity contribution in [2.24, 2.45) is 23.7 Å². The lowest BCUT2D eigenvalue weighted by atomic mass is 9.68. The predicted molar refractivity (Wildman–Crippen MR) is 95.7 cm³/mol. The fraction of sp³-hybridized carbons (Fsp3) is 0.619. The van der Waals surface area contributed by atoms with Crippen LogP contribution in [0.1, 0.15) is 58.1 Å². The molecule has 1 aromatic carbocycles. The van der Waals surface area contributed by atoms with E-state index in [0.29, 0.717) is 17.8 Å². The molecule has 122 valence electrons. The molecule has 1 fully saturated rings. The third-order valence-corrected chi connectivity index (χ3v) is 5.44. The number of hydrogen-bond acceptors (Lipinski definition) is 1. The molecule has 0 bridgehead atoms. The van der Waals surface area contributed by atoms with Crippen molar-refractivity contribution in [1.29, 1.82) is 0 Å². The molecule has 0 aromatic heterocycles. The molecule has 1 heteroatoms. The van der Waals surface area contributed by atoms with E-state index in [2.05, 4.69) is 65.0 Å². The van der Waals surface area contributed by atoms with Gasteiger partial charge in [0.1, 0.15) is 0 Å². The fourth-order valence-electron chi connectivity index (χ4n) is 3.96. The number of aliphatic hydroxyl groups is 1. The molecule has 0 heterocycles. The summed E-state index contributed by atoms with van der Waals surface area (Å²) < 4.78 is 0. The minimum Gasteiger partial charge on any atom is -0.389 e. The Balaban J connectivity index is 2.15. The zero-order valence-corrected chi connectivity index (χ0v) is 14.8. The van der Waals surface area contributed by atoms with Gasteiger partial charge in [0.15, 0.2) is 0 Å². The topological polar surface area (TPSA) is 20.2 Å². The minimum atomic E-state index is -0.323. The molecular weight excluding hydrogens is 268 g/mol. The maximum absolute atomic E-state index is 10.8. The first-order valence-corrected chi connectivity index (χ1v) is 8.82. The molecule has 1 aliphatic rings. The summed E-state index contributed by atoms with van der Waals surface area (Å²) in [6, 6.07) is 8.58. The van der Waals surface area contributed by atoms with E-state index in [4.69, 9.17) is 0 Å². The number of allylic oxidation sites excluding steroid dienone is 1. The van der Waals surface area contributed by atoms with Crippen LogP contribution in [0.5, 0.6) is 0 Å². The van der Waals surface area contributed by atoms with Crippen LogP contribution in [-0.2, 0) is 0 Å². The van der Waals surface area contributed by atoms with Gasteiger partial charge in [-0.25, -0.2) is 0 Å². The standard InChI is InChI=1S/C21H32O/c1-14(2)19-11-8-16(4)12-20(19)21(22)13-17(5)18-9-6-15(3)7-10-18/h6-7,9-10,13-14,16,19-22H,8,11-12H2,1-5H3/b17-13+/t16-,19+,20-,21-/m1/s1. The predicted octanol–water partition coefficient (Wildman–Crippen LogP) is 5.47. The highest BCUT2D eigenvalue weighted by Gasteiger charge is 2.34. The summed E-state index contributed by atoms with van der Waals surface area (Å²) >= 11 is 0. The molecule has 2 rings (SSSR count). The molecule has 1 aliphatic carbocycles. The van der Waals surface area contributed by atoms with Crippen LogP contribution in [-0.4, -0.2) is 11.2 Å². The summed E-state index contributed by atoms with van der Waals surface area (Å²) in [5, 5.41) is 10.8. The maximum atomic E-state index is 10.8. The van der Waals surface area contributed by atoms with E-state index >= 15 is 0 Å². The van der Waals surface area contributed by atoms with Gasteiger partial charge in [-0.05, 0) is 61.5 Å². The molecule has 1 aromatic rings. The van der Waals surface area contributed by atoms with Crippen molar-refractivity contribution < 1.29 is 5.11 Å². The number of aliphatic hydroxyl groups excluding tert-OH is 1. The van der Waals surface area contributed by atoms with Gasteiger partial charge in [0.25, 0.3) is 0 Å². The quantitative estimate of drug-likeness (QED) is 0.782. The fourth-order valence-corrected chi connectivity index (χ4v) is 3.96. The van der Waals surface area contributed by atoms with Crippen LogP contribution in [0, 0.1) is 30.6 Å². The number of benzene rings is 1. The normalized spacial score (nSPS) is 28.0. The molecule has 1 nitrogen and oxygen atoms in total. The van der Waals surface area contributed by atoms with E-state index in [1.165, 1.54) is 29.5 Å². The first-order valence-electron chi connectivity index (χ1n) is 8.82. The van der Waals surface area contributed by atoms with Gasteiger partial charge in [-0.2, -0.15) is 0 Å². The molecule has 4 atom stereocenters. The lowest BCUT2D eigenvalue weighted by Crippen LogP contribution is -2.35. The molecule has 1 saturated carbocycles. The summed E-state index contributed by atoms with van der Waals surface area (Å²) in [6.07, 6.45) is 5.49. The van der Waals surface area contributed by atoms with E-state index in [1.54, 1.807) is 0 Å². The Morgan fingerprint density at radius 3 is 2.36 bits per heavy atom. The van der Waals surface area contributed by atoms with Gasteiger partial charge in [0.05, 0.1) is 6.10 Å². The van der Waals surface area contributed by atoms with Gasteiger partial charge in [-0.1, -0.05) is 63.1 Å². The lowest BCUT2D eigenvalue weighted by molar-refractivity contribution is 0.0429. The van der Waals surface area contributed by atoms with Crippen LogP contribution in [0.3, 0.4) is 0 Å². The minimum absolute atomic E-state index is 0.323. The Kier molecular flexibility index (Phi) is 5.86. The second-order valence-electron chi connectivity index (χ2n) is 7.70. The zero-order valence-electron chi connectivity index (χ0n) is 14.8. The summed E-state index contributed by atoms with van der Waals surface area (Å²) in [6.45, 7) is 11.2. The average Bonchev–Trinajstić information content (AvgIpc) is 2.47. The second-order valence-corrected chi connectivity index (χ2v) is 7.70. The molecule has 1 N–H and O–H groups in total. The van der Waals surface area contributed by atoms with Gasteiger partial charge in [-0.15, -0.1) is 0 Å². The maximum Gasteiger partial charge on any atom is 0.0757 e. The highest BCUT2D eigenvalue weighted by Crippen LogP contribution is 2.40. The molecule has 0 aliphatic heterocycles. The lowest BCUT2D eigenvalue weighted by Gasteiger charge is -2.39. The van der Waals surface area contributed by atoms with Gasteiger partial charge in [-0.3, -0.25) is 0 Å².